The maximum absolute atomic E-state index is 12.0. The molecular formula is C13H18ClNO3. The predicted octanol–water partition coefficient (Wildman–Crippen LogP) is 2.45. The third-order valence-electron chi connectivity index (χ3n) is 2.71. The summed E-state index contributed by atoms with van der Waals surface area (Å²) in [6.45, 7) is 2.27. The number of methoxy groups -OCH3 is 2. The van der Waals surface area contributed by atoms with E-state index in [4.69, 9.17) is 26.8 Å². The molecule has 0 unspecified atom stereocenters. The molecule has 0 aliphatic heterocycles. The summed E-state index contributed by atoms with van der Waals surface area (Å²) in [6, 6.07) is 1.77. The van der Waals surface area contributed by atoms with E-state index in [1.54, 1.807) is 13.2 Å². The van der Waals surface area contributed by atoms with Gasteiger partial charge in [-0.3, -0.25) is 4.79 Å². The van der Waals surface area contributed by atoms with Crippen LogP contribution in [-0.4, -0.2) is 26.5 Å². The molecule has 0 saturated carbocycles. The number of halogens is 1. The Balaban J connectivity index is 3.42. The molecule has 0 aromatic heterocycles. The van der Waals surface area contributed by atoms with Crippen molar-refractivity contribution in [1.82, 2.24) is 0 Å². The number of aryl methyl sites for hydroxylation is 1. The molecule has 0 fully saturated rings. The number of rotatable bonds is 6. The summed E-state index contributed by atoms with van der Waals surface area (Å²) in [7, 11) is 3.02. The fourth-order valence-electron chi connectivity index (χ4n) is 1.82. The van der Waals surface area contributed by atoms with E-state index in [9.17, 15) is 4.79 Å². The highest BCUT2D eigenvalue weighted by Gasteiger charge is 2.21. The summed E-state index contributed by atoms with van der Waals surface area (Å²) < 4.78 is 10.5. The lowest BCUT2D eigenvalue weighted by Crippen LogP contribution is -2.10. The van der Waals surface area contributed by atoms with E-state index in [0.29, 0.717) is 28.6 Å². The predicted molar refractivity (Wildman–Crippen MR) is 71.9 cm³/mol. The van der Waals surface area contributed by atoms with Crippen LogP contribution in [0.15, 0.2) is 6.07 Å². The average Bonchev–Trinajstić information content (AvgIpc) is 2.37. The first-order chi connectivity index (χ1) is 8.60. The second kappa shape index (κ2) is 6.61. The summed E-state index contributed by atoms with van der Waals surface area (Å²) in [5.41, 5.74) is 6.75. The zero-order valence-corrected chi connectivity index (χ0v) is 11.6. The standard InChI is InChI=1S/C13H18ClNO3/c1-4-8-7-9(10(16)5-6-15)13(18-3)11(14)12(8)17-2/h7H,4-6,15H2,1-3H3. The second-order valence-corrected chi connectivity index (χ2v) is 4.16. The van der Waals surface area contributed by atoms with Crippen LogP contribution in [0.5, 0.6) is 11.5 Å². The summed E-state index contributed by atoms with van der Waals surface area (Å²) in [5, 5.41) is 0.333. The highest BCUT2D eigenvalue weighted by Crippen LogP contribution is 2.40. The van der Waals surface area contributed by atoms with Crippen molar-refractivity contribution in [3.8, 4) is 11.5 Å². The lowest BCUT2D eigenvalue weighted by Gasteiger charge is -2.16. The van der Waals surface area contributed by atoms with Crippen LogP contribution in [0.2, 0.25) is 5.02 Å². The first kappa shape index (κ1) is 14.8. The van der Waals surface area contributed by atoms with Crippen molar-refractivity contribution in [3.63, 3.8) is 0 Å². The minimum atomic E-state index is -0.0754. The van der Waals surface area contributed by atoms with Gasteiger partial charge in [0.15, 0.2) is 11.5 Å². The number of carbonyl (C=O) groups is 1. The number of benzene rings is 1. The van der Waals surface area contributed by atoms with Crippen LogP contribution in [0, 0.1) is 0 Å². The first-order valence-corrected chi connectivity index (χ1v) is 6.15. The van der Waals surface area contributed by atoms with Gasteiger partial charge in [0, 0.05) is 6.42 Å². The van der Waals surface area contributed by atoms with Crippen molar-refractivity contribution in [1.29, 1.82) is 0 Å². The van der Waals surface area contributed by atoms with Gasteiger partial charge >= 0.3 is 0 Å². The molecule has 0 saturated heterocycles. The molecule has 2 N–H and O–H groups in total. The van der Waals surface area contributed by atoms with Crippen molar-refractivity contribution < 1.29 is 14.3 Å². The molecule has 5 heteroatoms. The smallest absolute Gasteiger partial charge is 0.167 e. The molecule has 0 spiro atoms. The molecule has 100 valence electrons. The molecule has 1 rings (SSSR count). The molecule has 1 aromatic rings. The Bertz CT molecular complexity index is 446. The van der Waals surface area contributed by atoms with E-state index >= 15 is 0 Å². The normalized spacial score (nSPS) is 10.3. The summed E-state index contributed by atoms with van der Waals surface area (Å²) in [5.74, 6) is 0.832. The zero-order chi connectivity index (χ0) is 13.7. The van der Waals surface area contributed by atoms with Gasteiger partial charge in [0.05, 0.1) is 19.8 Å². The Morgan fingerprint density at radius 2 is 1.94 bits per heavy atom. The lowest BCUT2D eigenvalue weighted by atomic mass is 10.0. The first-order valence-electron chi connectivity index (χ1n) is 5.77. The molecule has 4 nitrogen and oxygen atoms in total. The monoisotopic (exact) mass is 271 g/mol. The van der Waals surface area contributed by atoms with Gasteiger partial charge < -0.3 is 15.2 Å². The van der Waals surface area contributed by atoms with Crippen molar-refractivity contribution in [3.05, 3.63) is 22.2 Å². The van der Waals surface area contributed by atoms with Crippen LogP contribution in [-0.2, 0) is 6.42 Å². The fraction of sp³-hybridized carbons (Fsp3) is 0.462. The third-order valence-corrected chi connectivity index (χ3v) is 3.06. The minimum Gasteiger partial charge on any atom is -0.495 e. The Labute approximate surface area is 112 Å². The Hall–Kier alpha value is -1.26. The summed E-state index contributed by atoms with van der Waals surface area (Å²) in [4.78, 5) is 12.0. The van der Waals surface area contributed by atoms with Gasteiger partial charge in [0.1, 0.15) is 10.8 Å². The van der Waals surface area contributed by atoms with Crippen LogP contribution >= 0.6 is 11.6 Å². The van der Waals surface area contributed by atoms with Crippen molar-refractivity contribution in [2.75, 3.05) is 20.8 Å². The van der Waals surface area contributed by atoms with E-state index in [2.05, 4.69) is 0 Å². The molecule has 0 radical (unpaired) electrons. The molecular weight excluding hydrogens is 254 g/mol. The van der Waals surface area contributed by atoms with Crippen LogP contribution < -0.4 is 15.2 Å². The van der Waals surface area contributed by atoms with Crippen molar-refractivity contribution >= 4 is 17.4 Å². The van der Waals surface area contributed by atoms with Crippen molar-refractivity contribution in [2.24, 2.45) is 5.73 Å². The van der Waals surface area contributed by atoms with E-state index in [1.807, 2.05) is 6.92 Å². The molecule has 0 bridgehead atoms. The Kier molecular flexibility index (Phi) is 5.44. The number of Topliss-reactive ketones (excluding diaryl/α,β-unsaturated/α-hetero) is 1. The van der Waals surface area contributed by atoms with E-state index < -0.39 is 0 Å². The van der Waals surface area contributed by atoms with Crippen LogP contribution in [0.1, 0.15) is 29.3 Å². The lowest BCUT2D eigenvalue weighted by molar-refractivity contribution is 0.0982. The maximum Gasteiger partial charge on any atom is 0.167 e. The van der Waals surface area contributed by atoms with Crippen LogP contribution in [0.25, 0.3) is 0 Å². The Morgan fingerprint density at radius 3 is 2.39 bits per heavy atom. The van der Waals surface area contributed by atoms with Gasteiger partial charge in [0.25, 0.3) is 0 Å². The van der Waals surface area contributed by atoms with Gasteiger partial charge in [-0.2, -0.15) is 0 Å². The van der Waals surface area contributed by atoms with Gasteiger partial charge in [-0.15, -0.1) is 0 Å². The quantitative estimate of drug-likeness (QED) is 0.808. The van der Waals surface area contributed by atoms with Crippen LogP contribution in [0.3, 0.4) is 0 Å². The number of carbonyl (C=O) groups excluding carboxylic acids is 1. The van der Waals surface area contributed by atoms with Gasteiger partial charge in [-0.05, 0) is 24.6 Å². The molecule has 0 heterocycles. The number of hydrogen-bond acceptors (Lipinski definition) is 4. The molecule has 0 atom stereocenters. The molecule has 18 heavy (non-hydrogen) atoms. The number of ketones is 1. The zero-order valence-electron chi connectivity index (χ0n) is 10.9. The maximum atomic E-state index is 12.0. The van der Waals surface area contributed by atoms with Gasteiger partial charge in [-0.25, -0.2) is 0 Å². The number of nitrogens with two attached hydrogens (primary N) is 1. The van der Waals surface area contributed by atoms with Gasteiger partial charge in [0.2, 0.25) is 0 Å². The second-order valence-electron chi connectivity index (χ2n) is 3.78. The van der Waals surface area contributed by atoms with E-state index in [1.165, 1.54) is 7.11 Å². The number of ether oxygens (including phenoxy) is 2. The minimum absolute atomic E-state index is 0.0754. The largest absolute Gasteiger partial charge is 0.495 e. The molecule has 1 aromatic carbocycles. The Morgan fingerprint density at radius 1 is 1.33 bits per heavy atom. The van der Waals surface area contributed by atoms with E-state index in [-0.39, 0.29) is 12.2 Å². The summed E-state index contributed by atoms with van der Waals surface area (Å²) >= 11 is 6.21. The molecule has 0 aliphatic rings. The SMILES string of the molecule is CCc1cc(C(=O)CCN)c(OC)c(Cl)c1OC. The summed E-state index contributed by atoms with van der Waals surface area (Å²) in [6.07, 6.45) is 0.984. The fourth-order valence-corrected chi connectivity index (χ4v) is 2.20. The molecule has 0 amide bonds. The van der Waals surface area contributed by atoms with E-state index in [0.717, 1.165) is 12.0 Å². The molecule has 0 aliphatic carbocycles. The van der Waals surface area contributed by atoms with Gasteiger partial charge in [-0.1, -0.05) is 18.5 Å². The third kappa shape index (κ3) is 2.76. The highest BCUT2D eigenvalue weighted by molar-refractivity contribution is 6.34. The topological polar surface area (TPSA) is 61.6 Å². The highest BCUT2D eigenvalue weighted by atomic mass is 35.5. The number of hydrogen-bond donors (Lipinski definition) is 1. The van der Waals surface area contributed by atoms with Crippen molar-refractivity contribution in [2.45, 2.75) is 19.8 Å². The van der Waals surface area contributed by atoms with Crippen LogP contribution in [0.4, 0.5) is 0 Å². The average molecular weight is 272 g/mol.